The summed E-state index contributed by atoms with van der Waals surface area (Å²) >= 11 is 0. The van der Waals surface area contributed by atoms with Gasteiger partial charge in [-0.15, -0.1) is 0 Å². The minimum absolute atomic E-state index is 0.701. The Balaban J connectivity index is 2.84. The highest BCUT2D eigenvalue weighted by atomic mass is 19.1. The van der Waals surface area contributed by atoms with E-state index in [0.29, 0.717) is 0 Å². The van der Waals surface area contributed by atoms with Crippen molar-refractivity contribution in [1.82, 2.24) is 0 Å². The van der Waals surface area contributed by atoms with Crippen molar-refractivity contribution in [2.45, 2.75) is 30.2 Å². The van der Waals surface area contributed by atoms with Crippen LogP contribution < -0.4 is 0 Å². The van der Waals surface area contributed by atoms with Crippen molar-refractivity contribution in [1.29, 1.82) is 0 Å². The van der Waals surface area contributed by atoms with Crippen LogP contribution in [0.15, 0.2) is 0 Å². The minimum atomic E-state index is -2.58. The molecule has 1 fully saturated rings. The summed E-state index contributed by atoms with van der Waals surface area (Å²) in [6.07, 6.45) is -6.61. The number of rotatable bonds is 2. The smallest absolute Gasteiger partial charge is 0.224 e. The highest BCUT2D eigenvalue weighted by Crippen LogP contribution is 2.28. The highest BCUT2D eigenvalue weighted by Gasteiger charge is 2.52. The van der Waals surface area contributed by atoms with Crippen LogP contribution in [0.25, 0.3) is 0 Å². The average molecular weight is 212 g/mol. The summed E-state index contributed by atoms with van der Waals surface area (Å²) in [7, 11) is 0. The fourth-order valence-corrected chi connectivity index (χ4v) is 1.33. The van der Waals surface area contributed by atoms with Gasteiger partial charge in [-0.25, -0.2) is 4.39 Å². The highest BCUT2D eigenvalue weighted by molar-refractivity contribution is 4.95. The van der Waals surface area contributed by atoms with Crippen molar-refractivity contribution in [3.63, 3.8) is 0 Å². The molecule has 0 unspecified atom stereocenters. The summed E-state index contributed by atoms with van der Waals surface area (Å²) in [5, 5.41) is 45.6. The van der Waals surface area contributed by atoms with Crippen molar-refractivity contribution in [3.8, 4) is 0 Å². The first kappa shape index (κ1) is 11.8. The van der Waals surface area contributed by atoms with Crippen LogP contribution in [-0.2, 0) is 4.74 Å². The molecule has 0 aromatic rings. The summed E-state index contributed by atoms with van der Waals surface area (Å²) in [6, 6.07) is 0. The lowest BCUT2D eigenvalue weighted by molar-refractivity contribution is -0.352. The third kappa shape index (κ3) is 1.74. The molecule has 0 bridgehead atoms. The van der Waals surface area contributed by atoms with E-state index >= 15 is 0 Å². The first-order valence-corrected chi connectivity index (χ1v) is 4.07. The van der Waals surface area contributed by atoms with Crippen LogP contribution in [0.5, 0.6) is 0 Å². The van der Waals surface area contributed by atoms with Crippen LogP contribution in [0.4, 0.5) is 4.39 Å². The minimum Gasteiger partial charge on any atom is -0.394 e. The summed E-state index contributed by atoms with van der Waals surface area (Å²) < 4.78 is 16.9. The Morgan fingerprint density at radius 1 is 1.21 bits per heavy atom. The molecule has 1 aliphatic heterocycles. The molecule has 7 heteroatoms. The molecular formula is C7H13FO6. The van der Waals surface area contributed by atoms with Crippen LogP contribution in [0.2, 0.25) is 0 Å². The zero-order valence-corrected chi connectivity index (χ0v) is 7.25. The van der Waals surface area contributed by atoms with Crippen LogP contribution in [0.1, 0.15) is 0 Å². The molecule has 5 N–H and O–H groups in total. The van der Waals surface area contributed by atoms with E-state index in [9.17, 15) is 24.8 Å². The Labute approximate surface area is 79.2 Å². The Bertz CT molecular complexity index is 201. The molecule has 5 atom stereocenters. The number of hydrogen-bond acceptors (Lipinski definition) is 6. The number of aliphatic hydroxyl groups is 5. The quantitative estimate of drug-likeness (QED) is 0.336. The lowest BCUT2D eigenvalue weighted by Gasteiger charge is -2.43. The third-order valence-corrected chi connectivity index (χ3v) is 2.24. The molecule has 0 aliphatic carbocycles. The van der Waals surface area contributed by atoms with Gasteiger partial charge in [0, 0.05) is 0 Å². The molecule has 1 heterocycles. The van der Waals surface area contributed by atoms with Gasteiger partial charge in [0.2, 0.25) is 5.79 Å². The van der Waals surface area contributed by atoms with Crippen LogP contribution >= 0.6 is 0 Å². The summed E-state index contributed by atoms with van der Waals surface area (Å²) in [6.45, 7) is -2.15. The number of alkyl halides is 1. The van der Waals surface area contributed by atoms with E-state index in [2.05, 4.69) is 4.74 Å². The zero-order chi connectivity index (χ0) is 10.9. The molecule has 0 aromatic carbocycles. The first-order chi connectivity index (χ1) is 6.46. The Kier molecular flexibility index (Phi) is 3.40. The largest absolute Gasteiger partial charge is 0.394 e. The maximum Gasteiger partial charge on any atom is 0.224 e. The molecule has 0 spiro atoms. The molecule has 1 rings (SSSR count). The van der Waals surface area contributed by atoms with Crippen LogP contribution in [0.3, 0.4) is 0 Å². The van der Waals surface area contributed by atoms with Gasteiger partial charge in [-0.1, -0.05) is 0 Å². The van der Waals surface area contributed by atoms with Crippen LogP contribution in [0, 0.1) is 0 Å². The second kappa shape index (κ2) is 4.05. The molecule has 1 aliphatic rings. The molecule has 0 saturated carbocycles. The molecule has 0 aromatic heterocycles. The van der Waals surface area contributed by atoms with Gasteiger partial charge in [-0.05, 0) is 0 Å². The summed E-state index contributed by atoms with van der Waals surface area (Å²) in [4.78, 5) is 0. The van der Waals surface area contributed by atoms with Crippen molar-refractivity contribution in [3.05, 3.63) is 0 Å². The van der Waals surface area contributed by atoms with Crippen LogP contribution in [-0.4, -0.2) is 69.0 Å². The molecule has 6 nitrogen and oxygen atoms in total. The predicted molar refractivity (Wildman–Crippen MR) is 40.9 cm³/mol. The topological polar surface area (TPSA) is 110 Å². The molecule has 14 heavy (non-hydrogen) atoms. The van der Waals surface area contributed by atoms with Gasteiger partial charge in [0.05, 0.1) is 6.61 Å². The fourth-order valence-electron chi connectivity index (χ4n) is 1.33. The van der Waals surface area contributed by atoms with Gasteiger partial charge in [-0.3, -0.25) is 0 Å². The fraction of sp³-hybridized carbons (Fsp3) is 1.00. The third-order valence-electron chi connectivity index (χ3n) is 2.24. The monoisotopic (exact) mass is 212 g/mol. The molecule has 1 saturated heterocycles. The number of ether oxygens (including phenoxy) is 1. The van der Waals surface area contributed by atoms with Gasteiger partial charge in [0.25, 0.3) is 0 Å². The van der Waals surface area contributed by atoms with Gasteiger partial charge in [0.1, 0.15) is 31.1 Å². The van der Waals surface area contributed by atoms with Gasteiger partial charge >= 0.3 is 0 Å². The Hall–Kier alpha value is -0.310. The number of hydrogen-bond donors (Lipinski definition) is 5. The number of halogens is 1. The van der Waals surface area contributed by atoms with Crippen molar-refractivity contribution in [2.24, 2.45) is 0 Å². The second-order valence-corrected chi connectivity index (χ2v) is 3.24. The zero-order valence-electron chi connectivity index (χ0n) is 7.25. The van der Waals surface area contributed by atoms with E-state index in [4.69, 9.17) is 5.11 Å². The second-order valence-electron chi connectivity index (χ2n) is 3.24. The first-order valence-electron chi connectivity index (χ1n) is 4.07. The van der Waals surface area contributed by atoms with E-state index in [-0.39, 0.29) is 0 Å². The van der Waals surface area contributed by atoms with E-state index in [1.54, 1.807) is 0 Å². The lowest BCUT2D eigenvalue weighted by atomic mass is 9.93. The standard InChI is InChI=1S/C7H13FO6/c8-2-7(13)6(12)5(11)4(10)3(1-9)14-7/h3-6,9-13H,1-2H2/t3-,4-,5+,6+,7+/m1/s1. The van der Waals surface area contributed by atoms with E-state index < -0.39 is 43.5 Å². The van der Waals surface area contributed by atoms with E-state index in [1.165, 1.54) is 0 Å². The summed E-state index contributed by atoms with van der Waals surface area (Å²) in [5.74, 6) is -2.58. The van der Waals surface area contributed by atoms with Crippen molar-refractivity contribution < 1.29 is 34.7 Å². The Morgan fingerprint density at radius 2 is 1.79 bits per heavy atom. The number of aliphatic hydroxyl groups excluding tert-OH is 4. The molecular weight excluding hydrogens is 199 g/mol. The Morgan fingerprint density at radius 3 is 2.21 bits per heavy atom. The van der Waals surface area contributed by atoms with Gasteiger partial charge in [-0.2, -0.15) is 0 Å². The van der Waals surface area contributed by atoms with E-state index in [1.807, 2.05) is 0 Å². The maximum absolute atomic E-state index is 12.3. The van der Waals surface area contributed by atoms with E-state index in [0.717, 1.165) is 0 Å². The van der Waals surface area contributed by atoms with Gasteiger partial charge < -0.3 is 30.3 Å². The van der Waals surface area contributed by atoms with Crippen molar-refractivity contribution in [2.75, 3.05) is 13.3 Å². The molecule has 0 radical (unpaired) electrons. The molecule has 0 amide bonds. The van der Waals surface area contributed by atoms with Crippen molar-refractivity contribution >= 4 is 0 Å². The van der Waals surface area contributed by atoms with Gasteiger partial charge in [0.15, 0.2) is 0 Å². The normalized spacial score (nSPS) is 49.3. The lowest BCUT2D eigenvalue weighted by Crippen LogP contribution is -2.66. The summed E-state index contributed by atoms with van der Waals surface area (Å²) in [5.41, 5.74) is 0. The molecule has 84 valence electrons. The maximum atomic E-state index is 12.3. The average Bonchev–Trinajstić information content (AvgIpc) is 2.20. The predicted octanol–water partition coefficient (Wildman–Crippen LogP) is -2.88. The SMILES string of the molecule is OC[C@H]1O[C@@](O)(CF)[C@@H](O)[C@@H](O)[C@@H]1O.